The predicted octanol–water partition coefficient (Wildman–Crippen LogP) is 3.78. The van der Waals surface area contributed by atoms with Crippen molar-refractivity contribution in [1.82, 2.24) is 14.9 Å². The summed E-state index contributed by atoms with van der Waals surface area (Å²) in [6, 6.07) is 7.47. The maximum absolute atomic E-state index is 13.2. The lowest BCUT2D eigenvalue weighted by atomic mass is 9.86. The molecule has 1 aliphatic heterocycles. The molecule has 0 radical (unpaired) electrons. The van der Waals surface area contributed by atoms with E-state index in [9.17, 15) is 9.59 Å². The number of aryl methyl sites for hydroxylation is 1. The largest absolute Gasteiger partial charge is 0.493 e. The number of nitrogens with one attached hydrogen (secondary N) is 1. The molecule has 2 heterocycles. The quantitative estimate of drug-likeness (QED) is 0.741. The predicted molar refractivity (Wildman–Crippen MR) is 122 cm³/mol. The molecule has 1 aliphatic carbocycles. The average Bonchev–Trinajstić information content (AvgIpc) is 3.24. The second-order valence-electron chi connectivity index (χ2n) is 9.09. The Morgan fingerprint density at radius 2 is 1.78 bits per heavy atom. The Hall–Kier alpha value is -2.83. The van der Waals surface area contributed by atoms with Crippen LogP contribution in [0.2, 0.25) is 0 Å². The Morgan fingerprint density at radius 1 is 1.06 bits per heavy atom. The van der Waals surface area contributed by atoms with Crippen molar-refractivity contribution in [3.63, 3.8) is 0 Å². The Kier molecular flexibility index (Phi) is 6.82. The summed E-state index contributed by atoms with van der Waals surface area (Å²) in [6.07, 6.45) is 6.65. The maximum Gasteiger partial charge on any atom is 0.251 e. The second kappa shape index (κ2) is 9.76. The smallest absolute Gasteiger partial charge is 0.251 e. The normalized spacial score (nSPS) is 21.5. The van der Waals surface area contributed by atoms with Gasteiger partial charge in [-0.1, -0.05) is 25.3 Å². The van der Waals surface area contributed by atoms with Gasteiger partial charge in [0.2, 0.25) is 5.91 Å². The SMILES string of the molecule is COc1ccc([C@@H]2CN(C(=O)CC3CCCCC3)C[C@H]2c2cc(=O)[nH]c(C)n2)cc1OC. The molecule has 1 N–H and O–H groups in total. The molecule has 2 fully saturated rings. The molecule has 1 aromatic heterocycles. The zero-order valence-corrected chi connectivity index (χ0v) is 19.2. The zero-order chi connectivity index (χ0) is 22.7. The first-order chi connectivity index (χ1) is 15.5. The molecule has 2 aliphatic rings. The lowest BCUT2D eigenvalue weighted by Crippen LogP contribution is -2.31. The van der Waals surface area contributed by atoms with Gasteiger partial charge in [-0.15, -0.1) is 0 Å². The number of ether oxygens (including phenoxy) is 2. The van der Waals surface area contributed by atoms with Crippen LogP contribution >= 0.6 is 0 Å². The van der Waals surface area contributed by atoms with Crippen molar-refractivity contribution in [2.75, 3.05) is 27.3 Å². The third-order valence-electron chi connectivity index (χ3n) is 6.96. The molecule has 2 atom stereocenters. The van der Waals surface area contributed by atoms with Gasteiger partial charge in [-0.2, -0.15) is 0 Å². The van der Waals surface area contributed by atoms with E-state index in [1.165, 1.54) is 19.3 Å². The monoisotopic (exact) mass is 439 g/mol. The van der Waals surface area contributed by atoms with E-state index in [2.05, 4.69) is 9.97 Å². The number of benzene rings is 1. The minimum Gasteiger partial charge on any atom is -0.493 e. The summed E-state index contributed by atoms with van der Waals surface area (Å²) in [7, 11) is 3.24. The number of carbonyl (C=O) groups excluding carboxylic acids is 1. The van der Waals surface area contributed by atoms with E-state index in [-0.39, 0.29) is 23.3 Å². The van der Waals surface area contributed by atoms with Crippen LogP contribution in [0.4, 0.5) is 0 Å². The summed E-state index contributed by atoms with van der Waals surface area (Å²) < 4.78 is 10.9. The fraction of sp³-hybridized carbons (Fsp3) is 0.560. The van der Waals surface area contributed by atoms with E-state index in [1.54, 1.807) is 27.2 Å². The minimum absolute atomic E-state index is 0.0267. The molecule has 7 heteroatoms. The van der Waals surface area contributed by atoms with E-state index in [1.807, 2.05) is 23.1 Å². The highest BCUT2D eigenvalue weighted by atomic mass is 16.5. The van der Waals surface area contributed by atoms with Crippen LogP contribution in [0.5, 0.6) is 11.5 Å². The maximum atomic E-state index is 13.2. The number of amides is 1. The van der Waals surface area contributed by atoms with E-state index in [4.69, 9.17) is 9.47 Å². The number of rotatable bonds is 6. The molecular weight excluding hydrogens is 406 g/mol. The molecule has 1 amide bonds. The Balaban J connectivity index is 1.63. The molecular formula is C25H33N3O4. The van der Waals surface area contributed by atoms with Gasteiger partial charge >= 0.3 is 0 Å². The number of nitrogens with zero attached hydrogens (tertiary/aromatic N) is 2. The van der Waals surface area contributed by atoms with Gasteiger partial charge < -0.3 is 19.4 Å². The van der Waals surface area contributed by atoms with E-state index < -0.39 is 0 Å². The summed E-state index contributed by atoms with van der Waals surface area (Å²) in [5, 5.41) is 0. The average molecular weight is 440 g/mol. The van der Waals surface area contributed by atoms with Gasteiger partial charge in [0.1, 0.15) is 5.82 Å². The van der Waals surface area contributed by atoms with Gasteiger partial charge in [0, 0.05) is 37.4 Å². The first-order valence-electron chi connectivity index (χ1n) is 11.6. The van der Waals surface area contributed by atoms with Crippen molar-refractivity contribution in [3.8, 4) is 11.5 Å². The molecule has 32 heavy (non-hydrogen) atoms. The summed E-state index contributed by atoms with van der Waals surface area (Å²) in [6.45, 7) is 2.97. The van der Waals surface area contributed by atoms with Crippen LogP contribution in [0, 0.1) is 12.8 Å². The van der Waals surface area contributed by atoms with Gasteiger partial charge in [0.05, 0.1) is 19.9 Å². The topological polar surface area (TPSA) is 84.5 Å². The first kappa shape index (κ1) is 22.4. The van der Waals surface area contributed by atoms with E-state index in [0.717, 1.165) is 24.1 Å². The van der Waals surface area contributed by atoms with Crippen molar-refractivity contribution < 1.29 is 14.3 Å². The zero-order valence-electron chi connectivity index (χ0n) is 19.2. The van der Waals surface area contributed by atoms with Crippen LogP contribution in [0.25, 0.3) is 0 Å². The Labute approximate surface area is 189 Å². The van der Waals surface area contributed by atoms with Crippen LogP contribution in [0.15, 0.2) is 29.1 Å². The number of methoxy groups -OCH3 is 2. The van der Waals surface area contributed by atoms with Gasteiger partial charge in [-0.3, -0.25) is 9.59 Å². The summed E-state index contributed by atoms with van der Waals surface area (Å²) >= 11 is 0. The number of H-pyrrole nitrogens is 1. The number of hydrogen-bond donors (Lipinski definition) is 1. The van der Waals surface area contributed by atoms with Crippen molar-refractivity contribution in [3.05, 3.63) is 51.7 Å². The molecule has 4 rings (SSSR count). The number of likely N-dealkylation sites (tertiary alicyclic amines) is 1. The summed E-state index contributed by atoms with van der Waals surface area (Å²) in [5.41, 5.74) is 1.63. The standard InChI is InChI=1S/C25H33N3O4/c1-16-26-21(13-24(29)27-16)20-15-28(25(30)11-17-7-5-4-6-8-17)14-19(20)18-9-10-22(31-2)23(12-18)32-3/h9-10,12-13,17,19-20H,4-8,11,14-15H2,1-3H3,(H,26,27,29)/t19-,20+/m0/s1. The molecule has 1 saturated carbocycles. The number of aromatic nitrogens is 2. The molecule has 7 nitrogen and oxygen atoms in total. The molecule has 2 aromatic rings. The van der Waals surface area contributed by atoms with Crippen LogP contribution < -0.4 is 15.0 Å². The highest BCUT2D eigenvalue weighted by Crippen LogP contribution is 2.42. The van der Waals surface area contributed by atoms with Crippen molar-refractivity contribution >= 4 is 5.91 Å². The Morgan fingerprint density at radius 3 is 2.47 bits per heavy atom. The molecule has 1 saturated heterocycles. The Bertz CT molecular complexity index is 1010. The molecule has 0 spiro atoms. The van der Waals surface area contributed by atoms with E-state index in [0.29, 0.717) is 42.8 Å². The van der Waals surface area contributed by atoms with Crippen LogP contribution in [-0.4, -0.2) is 48.1 Å². The molecule has 172 valence electrons. The van der Waals surface area contributed by atoms with Gasteiger partial charge in [0.15, 0.2) is 11.5 Å². The van der Waals surface area contributed by atoms with Crippen molar-refractivity contribution in [1.29, 1.82) is 0 Å². The van der Waals surface area contributed by atoms with Crippen LogP contribution in [0.3, 0.4) is 0 Å². The minimum atomic E-state index is -0.162. The van der Waals surface area contributed by atoms with E-state index >= 15 is 0 Å². The second-order valence-corrected chi connectivity index (χ2v) is 9.09. The molecule has 1 aromatic carbocycles. The third kappa shape index (κ3) is 4.81. The summed E-state index contributed by atoms with van der Waals surface area (Å²) in [5.74, 6) is 2.60. The fourth-order valence-electron chi connectivity index (χ4n) is 5.29. The first-order valence-corrected chi connectivity index (χ1v) is 11.6. The number of carbonyl (C=O) groups is 1. The highest BCUT2D eigenvalue weighted by Gasteiger charge is 2.39. The lowest BCUT2D eigenvalue weighted by molar-refractivity contribution is -0.131. The fourth-order valence-corrected chi connectivity index (χ4v) is 5.29. The number of aromatic amines is 1. The molecule has 0 bridgehead atoms. The van der Waals surface area contributed by atoms with Crippen molar-refractivity contribution in [2.45, 2.75) is 57.3 Å². The van der Waals surface area contributed by atoms with Gasteiger partial charge in [0.25, 0.3) is 5.56 Å². The highest BCUT2D eigenvalue weighted by molar-refractivity contribution is 5.77. The lowest BCUT2D eigenvalue weighted by Gasteiger charge is -2.24. The van der Waals surface area contributed by atoms with Crippen LogP contribution in [-0.2, 0) is 4.79 Å². The van der Waals surface area contributed by atoms with Crippen molar-refractivity contribution in [2.24, 2.45) is 5.92 Å². The molecule has 0 unspecified atom stereocenters. The van der Waals surface area contributed by atoms with Gasteiger partial charge in [-0.25, -0.2) is 4.98 Å². The third-order valence-corrected chi connectivity index (χ3v) is 6.96. The van der Waals surface area contributed by atoms with Gasteiger partial charge in [-0.05, 0) is 43.4 Å². The summed E-state index contributed by atoms with van der Waals surface area (Å²) in [4.78, 5) is 34.7. The number of hydrogen-bond acceptors (Lipinski definition) is 5. The van der Waals surface area contributed by atoms with Crippen LogP contribution in [0.1, 0.15) is 67.4 Å².